The lowest BCUT2D eigenvalue weighted by Gasteiger charge is -2.30. The van der Waals surface area contributed by atoms with E-state index in [2.05, 4.69) is 5.32 Å². The van der Waals surface area contributed by atoms with Crippen molar-refractivity contribution in [3.63, 3.8) is 0 Å². The lowest BCUT2D eigenvalue weighted by Crippen LogP contribution is -2.51. The number of nitrogens with zero attached hydrogens (tertiary/aromatic N) is 2. The van der Waals surface area contributed by atoms with Crippen LogP contribution in [0.5, 0.6) is 0 Å². The highest BCUT2D eigenvalue weighted by molar-refractivity contribution is 7.90. The smallest absolute Gasteiger partial charge is 0.269 e. The predicted molar refractivity (Wildman–Crippen MR) is 129 cm³/mol. The molecule has 3 amide bonds. The first-order valence-electron chi connectivity index (χ1n) is 10.6. The van der Waals surface area contributed by atoms with E-state index < -0.39 is 40.3 Å². The van der Waals surface area contributed by atoms with E-state index in [-0.39, 0.29) is 27.9 Å². The van der Waals surface area contributed by atoms with Crippen LogP contribution < -0.4 is 5.32 Å². The van der Waals surface area contributed by atoms with E-state index in [1.54, 1.807) is 31.2 Å². The van der Waals surface area contributed by atoms with Gasteiger partial charge < -0.3 is 10.2 Å². The van der Waals surface area contributed by atoms with E-state index in [1.165, 1.54) is 23.1 Å². The van der Waals surface area contributed by atoms with Crippen LogP contribution in [0, 0.1) is 5.92 Å². The quantitative estimate of drug-likeness (QED) is 0.569. The van der Waals surface area contributed by atoms with Crippen molar-refractivity contribution in [2.24, 2.45) is 5.92 Å². The molecule has 0 radical (unpaired) electrons. The highest BCUT2D eigenvalue weighted by Crippen LogP contribution is 2.30. The molecule has 1 N–H and O–H groups in total. The molecule has 1 aliphatic rings. The van der Waals surface area contributed by atoms with E-state index in [0.29, 0.717) is 21.4 Å². The molecule has 34 heavy (non-hydrogen) atoms. The number of carbonyl (C=O) groups is 3. The zero-order valence-electron chi connectivity index (χ0n) is 18.9. The summed E-state index contributed by atoms with van der Waals surface area (Å²) in [5, 5.41) is 3.38. The van der Waals surface area contributed by atoms with Crippen molar-refractivity contribution in [1.82, 2.24) is 14.5 Å². The van der Waals surface area contributed by atoms with Crippen molar-refractivity contribution >= 4 is 50.9 Å². The third kappa shape index (κ3) is 5.37. The molecule has 2 aromatic carbocycles. The molecule has 8 nitrogen and oxygen atoms in total. The molecule has 0 saturated carbocycles. The lowest BCUT2D eigenvalue weighted by atomic mass is 10.1. The van der Waals surface area contributed by atoms with Crippen LogP contribution >= 0.6 is 23.2 Å². The molecule has 1 heterocycles. The first kappa shape index (κ1) is 26.0. The number of fused-ring (bicyclic) bond motifs is 1. The number of nitrogens with one attached hydrogen (secondary N) is 1. The molecular weight excluding hydrogens is 501 g/mol. The number of sulfonamides is 1. The van der Waals surface area contributed by atoms with Gasteiger partial charge in [0.15, 0.2) is 0 Å². The molecule has 0 spiro atoms. The van der Waals surface area contributed by atoms with E-state index in [1.807, 2.05) is 13.8 Å². The van der Waals surface area contributed by atoms with Crippen molar-refractivity contribution in [3.8, 4) is 0 Å². The Labute approximate surface area is 208 Å². The van der Waals surface area contributed by atoms with Gasteiger partial charge in [-0.15, -0.1) is 0 Å². The van der Waals surface area contributed by atoms with Gasteiger partial charge in [-0.3, -0.25) is 14.4 Å². The van der Waals surface area contributed by atoms with E-state index >= 15 is 0 Å². The van der Waals surface area contributed by atoms with Crippen LogP contribution in [-0.4, -0.2) is 54.5 Å². The van der Waals surface area contributed by atoms with Crippen LogP contribution in [0.3, 0.4) is 0 Å². The zero-order chi connectivity index (χ0) is 25.2. The van der Waals surface area contributed by atoms with E-state index in [9.17, 15) is 22.8 Å². The molecule has 2 aromatic rings. The number of hydrogen-bond donors (Lipinski definition) is 1. The van der Waals surface area contributed by atoms with E-state index in [0.717, 1.165) is 0 Å². The summed E-state index contributed by atoms with van der Waals surface area (Å²) < 4.78 is 26.3. The number of hydrogen-bond acceptors (Lipinski definition) is 5. The molecule has 0 aromatic heterocycles. The molecule has 1 aliphatic heterocycles. The zero-order valence-corrected chi connectivity index (χ0v) is 21.2. The molecular formula is C23H25Cl2N3O5S. The fourth-order valence-corrected chi connectivity index (χ4v) is 5.31. The predicted octanol–water partition coefficient (Wildman–Crippen LogP) is 3.33. The Bertz CT molecular complexity index is 1230. The van der Waals surface area contributed by atoms with Crippen molar-refractivity contribution in [2.45, 2.75) is 38.3 Å². The lowest BCUT2D eigenvalue weighted by molar-refractivity contribution is -0.140. The van der Waals surface area contributed by atoms with Crippen LogP contribution in [-0.2, 0) is 26.2 Å². The van der Waals surface area contributed by atoms with Gasteiger partial charge in [-0.25, -0.2) is 12.7 Å². The van der Waals surface area contributed by atoms with Gasteiger partial charge in [0.1, 0.15) is 17.5 Å². The molecule has 0 bridgehead atoms. The van der Waals surface area contributed by atoms with Crippen LogP contribution in [0.25, 0.3) is 0 Å². The number of carbonyl (C=O) groups excluding carboxylic acids is 3. The summed E-state index contributed by atoms with van der Waals surface area (Å²) in [7, 11) is -4.18. The fraction of sp³-hybridized carbons (Fsp3) is 0.348. The van der Waals surface area contributed by atoms with Crippen molar-refractivity contribution in [3.05, 3.63) is 63.6 Å². The van der Waals surface area contributed by atoms with Crippen LogP contribution in [0.2, 0.25) is 10.0 Å². The normalized spacial score (nSPS) is 15.2. The van der Waals surface area contributed by atoms with Gasteiger partial charge in [0, 0.05) is 13.1 Å². The van der Waals surface area contributed by atoms with Gasteiger partial charge in [0.2, 0.25) is 11.8 Å². The molecule has 0 aliphatic carbocycles. The SMILES string of the molecule is CC(C)CNC(=O)[C@H](C)N(Cc1ccc(Cl)c(Cl)c1)C(=O)CN1C(=O)c2ccccc2S1(=O)=O. The average Bonchev–Trinajstić information content (AvgIpc) is 2.98. The first-order chi connectivity index (χ1) is 15.9. The third-order valence-electron chi connectivity index (χ3n) is 5.38. The van der Waals surface area contributed by atoms with Gasteiger partial charge in [0.25, 0.3) is 15.9 Å². The average molecular weight is 526 g/mol. The summed E-state index contributed by atoms with van der Waals surface area (Å²) in [5.74, 6) is -1.69. The van der Waals surface area contributed by atoms with Crippen LogP contribution in [0.1, 0.15) is 36.7 Å². The van der Waals surface area contributed by atoms with E-state index in [4.69, 9.17) is 23.2 Å². The first-order valence-corrected chi connectivity index (χ1v) is 12.8. The Balaban J connectivity index is 1.89. The maximum absolute atomic E-state index is 13.4. The van der Waals surface area contributed by atoms with Gasteiger partial charge in [-0.05, 0) is 42.7 Å². The van der Waals surface area contributed by atoms with Gasteiger partial charge in [-0.2, -0.15) is 0 Å². The summed E-state index contributed by atoms with van der Waals surface area (Å²) in [5.41, 5.74) is 0.596. The van der Waals surface area contributed by atoms with Crippen molar-refractivity contribution in [1.29, 1.82) is 0 Å². The standard InChI is InChI=1S/C23H25Cl2N3O5S/c1-14(2)11-26-22(30)15(3)27(12-16-8-9-18(24)19(25)10-16)21(29)13-28-23(31)17-6-4-5-7-20(17)34(28,32)33/h4-10,14-15H,11-13H2,1-3H3,(H,26,30)/t15-/m0/s1. The summed E-state index contributed by atoms with van der Waals surface area (Å²) >= 11 is 12.1. The molecule has 3 rings (SSSR count). The number of amides is 3. The Hall–Kier alpha value is -2.62. The Morgan fingerprint density at radius 3 is 2.35 bits per heavy atom. The summed E-state index contributed by atoms with van der Waals surface area (Å²) in [4.78, 5) is 39.9. The molecule has 0 unspecified atom stereocenters. The second-order valence-corrected chi connectivity index (χ2v) is 11.0. The van der Waals surface area contributed by atoms with Gasteiger partial charge in [0.05, 0.1) is 15.6 Å². The number of rotatable bonds is 8. The number of benzene rings is 2. The molecule has 0 saturated heterocycles. The summed E-state index contributed by atoms with van der Waals surface area (Å²) in [6.45, 7) is 5.04. The van der Waals surface area contributed by atoms with Crippen molar-refractivity contribution < 1.29 is 22.8 Å². The van der Waals surface area contributed by atoms with Crippen LogP contribution in [0.15, 0.2) is 47.4 Å². The Kier molecular flexibility index (Phi) is 7.90. The maximum atomic E-state index is 13.4. The van der Waals surface area contributed by atoms with Gasteiger partial charge >= 0.3 is 0 Å². The third-order valence-corrected chi connectivity index (χ3v) is 7.91. The maximum Gasteiger partial charge on any atom is 0.269 e. The topological polar surface area (TPSA) is 104 Å². The Morgan fingerprint density at radius 2 is 1.74 bits per heavy atom. The second-order valence-electron chi connectivity index (χ2n) is 8.40. The minimum atomic E-state index is -4.18. The van der Waals surface area contributed by atoms with Crippen molar-refractivity contribution in [2.75, 3.05) is 13.1 Å². The molecule has 182 valence electrons. The summed E-state index contributed by atoms with van der Waals surface area (Å²) in [6, 6.07) is 9.62. The molecule has 0 fully saturated rings. The highest BCUT2D eigenvalue weighted by Gasteiger charge is 2.43. The second kappa shape index (κ2) is 10.3. The largest absolute Gasteiger partial charge is 0.354 e. The Morgan fingerprint density at radius 1 is 1.06 bits per heavy atom. The van der Waals surface area contributed by atoms with Crippen LogP contribution in [0.4, 0.5) is 0 Å². The molecule has 11 heteroatoms. The monoisotopic (exact) mass is 525 g/mol. The minimum Gasteiger partial charge on any atom is -0.354 e. The highest BCUT2D eigenvalue weighted by atomic mass is 35.5. The summed E-state index contributed by atoms with van der Waals surface area (Å²) in [6.07, 6.45) is 0. The molecule has 1 atom stereocenters. The minimum absolute atomic E-state index is 0.00839. The number of halogens is 2. The fourth-order valence-electron chi connectivity index (χ4n) is 3.47. The van der Waals surface area contributed by atoms with Gasteiger partial charge in [-0.1, -0.05) is 55.2 Å².